The van der Waals surface area contributed by atoms with Crippen LogP contribution in [0.15, 0.2) is 12.1 Å². The lowest BCUT2D eigenvalue weighted by atomic mass is 9.97. The fraction of sp³-hybridized carbons (Fsp3) is 0.562. The van der Waals surface area contributed by atoms with Crippen LogP contribution in [0.25, 0.3) is 0 Å². The van der Waals surface area contributed by atoms with Crippen molar-refractivity contribution in [3.63, 3.8) is 0 Å². The normalized spacial score (nSPS) is 16.9. The van der Waals surface area contributed by atoms with E-state index in [-0.39, 0.29) is 17.7 Å². The zero-order chi connectivity index (χ0) is 14.5. The summed E-state index contributed by atoms with van der Waals surface area (Å²) in [5.74, 6) is -0.161. The quantitative estimate of drug-likeness (QED) is 0.747. The molecule has 2 rings (SSSR count). The second-order valence-corrected chi connectivity index (χ2v) is 5.07. The maximum atomic E-state index is 14.0. The van der Waals surface area contributed by atoms with E-state index in [1.54, 1.807) is 13.0 Å². The third kappa shape index (κ3) is 3.30. The van der Waals surface area contributed by atoms with Crippen LogP contribution in [-0.4, -0.2) is 19.2 Å². The van der Waals surface area contributed by atoms with E-state index in [0.717, 1.165) is 30.4 Å². The number of benzene rings is 1. The van der Waals surface area contributed by atoms with E-state index in [0.29, 0.717) is 25.4 Å². The minimum Gasteiger partial charge on any atom is -0.491 e. The van der Waals surface area contributed by atoms with Crippen molar-refractivity contribution in [2.45, 2.75) is 45.4 Å². The molecule has 1 atom stereocenters. The Morgan fingerprint density at radius 3 is 2.90 bits per heavy atom. The molecule has 3 nitrogen and oxygen atoms in total. The zero-order valence-corrected chi connectivity index (χ0v) is 12.1. The summed E-state index contributed by atoms with van der Waals surface area (Å²) in [4.78, 5) is 11.6. The molecule has 1 aliphatic rings. The average molecular weight is 280 g/mol. The molecule has 20 heavy (non-hydrogen) atoms. The van der Waals surface area contributed by atoms with Crippen molar-refractivity contribution in [3.8, 4) is 5.75 Å². The highest BCUT2D eigenvalue weighted by atomic mass is 19.1. The standard InChI is InChI=1S/C16H21FO3/c1-3-7-20-15-8-11-5-6-12(9-16(18)19-4-2)13(11)10-14(15)17/h8,10,12H,3-7,9H2,1-2H3. The fourth-order valence-corrected chi connectivity index (χ4v) is 2.65. The third-order valence-electron chi connectivity index (χ3n) is 3.58. The molecule has 0 aliphatic heterocycles. The first-order chi connectivity index (χ1) is 9.65. The number of aryl methyl sites for hydroxylation is 1. The summed E-state index contributed by atoms with van der Waals surface area (Å²) in [5, 5.41) is 0. The van der Waals surface area contributed by atoms with Crippen molar-refractivity contribution in [3.05, 3.63) is 29.1 Å². The van der Waals surface area contributed by atoms with Gasteiger partial charge in [-0.05, 0) is 55.4 Å². The Bertz CT molecular complexity index is 485. The number of esters is 1. The van der Waals surface area contributed by atoms with E-state index in [9.17, 15) is 9.18 Å². The Morgan fingerprint density at radius 1 is 1.40 bits per heavy atom. The summed E-state index contributed by atoms with van der Waals surface area (Å²) in [7, 11) is 0. The number of hydrogen-bond donors (Lipinski definition) is 0. The number of fused-ring (bicyclic) bond motifs is 1. The highest BCUT2D eigenvalue weighted by Gasteiger charge is 2.27. The van der Waals surface area contributed by atoms with Crippen LogP contribution in [0.3, 0.4) is 0 Å². The Balaban J connectivity index is 2.12. The highest BCUT2D eigenvalue weighted by Crippen LogP contribution is 2.38. The minimum absolute atomic E-state index is 0.0683. The Labute approximate surface area is 119 Å². The van der Waals surface area contributed by atoms with Gasteiger partial charge in [-0.2, -0.15) is 0 Å². The molecule has 0 aromatic heterocycles. The Morgan fingerprint density at radius 2 is 2.20 bits per heavy atom. The van der Waals surface area contributed by atoms with Gasteiger partial charge in [-0.25, -0.2) is 4.39 Å². The van der Waals surface area contributed by atoms with Gasteiger partial charge < -0.3 is 9.47 Å². The molecule has 110 valence electrons. The molecule has 1 unspecified atom stereocenters. The lowest BCUT2D eigenvalue weighted by Crippen LogP contribution is -2.09. The van der Waals surface area contributed by atoms with Crippen molar-refractivity contribution in [2.24, 2.45) is 0 Å². The number of ether oxygens (including phenoxy) is 2. The van der Waals surface area contributed by atoms with Gasteiger partial charge >= 0.3 is 5.97 Å². The van der Waals surface area contributed by atoms with Gasteiger partial charge in [-0.3, -0.25) is 4.79 Å². The smallest absolute Gasteiger partial charge is 0.306 e. The largest absolute Gasteiger partial charge is 0.491 e. The van der Waals surface area contributed by atoms with Crippen LogP contribution < -0.4 is 4.74 Å². The van der Waals surface area contributed by atoms with Crippen LogP contribution in [0.4, 0.5) is 4.39 Å². The van der Waals surface area contributed by atoms with Crippen LogP contribution in [0.2, 0.25) is 0 Å². The molecule has 1 aliphatic carbocycles. The van der Waals surface area contributed by atoms with Gasteiger partial charge in [0, 0.05) is 0 Å². The molecule has 0 N–H and O–H groups in total. The van der Waals surface area contributed by atoms with Crippen LogP contribution in [0, 0.1) is 5.82 Å². The van der Waals surface area contributed by atoms with Crippen molar-refractivity contribution in [2.75, 3.05) is 13.2 Å². The second kappa shape index (κ2) is 6.73. The Kier molecular flexibility index (Phi) is 4.99. The number of halogens is 1. The monoisotopic (exact) mass is 280 g/mol. The summed E-state index contributed by atoms with van der Waals surface area (Å²) in [6.07, 6.45) is 2.91. The van der Waals surface area contributed by atoms with Gasteiger partial charge in [-0.15, -0.1) is 0 Å². The van der Waals surface area contributed by atoms with Gasteiger partial charge in [0.15, 0.2) is 11.6 Å². The van der Waals surface area contributed by atoms with Gasteiger partial charge in [0.25, 0.3) is 0 Å². The zero-order valence-electron chi connectivity index (χ0n) is 12.1. The van der Waals surface area contributed by atoms with Crippen LogP contribution in [-0.2, 0) is 16.0 Å². The molecular weight excluding hydrogens is 259 g/mol. The van der Waals surface area contributed by atoms with Crippen molar-refractivity contribution in [1.82, 2.24) is 0 Å². The molecule has 1 aromatic rings. The van der Waals surface area contributed by atoms with Crippen LogP contribution in [0.5, 0.6) is 5.75 Å². The molecule has 0 radical (unpaired) electrons. The number of carbonyl (C=O) groups is 1. The predicted octanol–water partition coefficient (Wildman–Crippen LogP) is 3.60. The first-order valence-electron chi connectivity index (χ1n) is 7.26. The molecule has 0 saturated carbocycles. The van der Waals surface area contributed by atoms with Gasteiger partial charge in [0.05, 0.1) is 19.6 Å². The van der Waals surface area contributed by atoms with Crippen molar-refractivity contribution < 1.29 is 18.7 Å². The number of carbonyl (C=O) groups excluding carboxylic acids is 1. The van der Waals surface area contributed by atoms with E-state index in [1.165, 1.54) is 6.07 Å². The molecule has 0 heterocycles. The maximum Gasteiger partial charge on any atom is 0.306 e. The average Bonchev–Trinajstić information content (AvgIpc) is 2.79. The summed E-state index contributed by atoms with van der Waals surface area (Å²) < 4.78 is 24.4. The van der Waals surface area contributed by atoms with E-state index >= 15 is 0 Å². The molecule has 0 spiro atoms. The molecule has 4 heteroatoms. The lowest BCUT2D eigenvalue weighted by Gasteiger charge is -2.12. The summed E-state index contributed by atoms with van der Waals surface area (Å²) >= 11 is 0. The van der Waals surface area contributed by atoms with Gasteiger partial charge in [0.2, 0.25) is 0 Å². The summed E-state index contributed by atoms with van der Waals surface area (Å²) in [5.41, 5.74) is 2.02. The molecule has 0 fully saturated rings. The van der Waals surface area contributed by atoms with E-state index in [1.807, 2.05) is 6.92 Å². The van der Waals surface area contributed by atoms with Crippen LogP contribution in [0.1, 0.15) is 50.2 Å². The fourth-order valence-electron chi connectivity index (χ4n) is 2.65. The molecule has 0 amide bonds. The van der Waals surface area contributed by atoms with E-state index in [2.05, 4.69) is 0 Å². The lowest BCUT2D eigenvalue weighted by molar-refractivity contribution is -0.143. The maximum absolute atomic E-state index is 14.0. The number of rotatable bonds is 6. The molecule has 1 aromatic carbocycles. The van der Waals surface area contributed by atoms with E-state index < -0.39 is 0 Å². The molecule has 0 saturated heterocycles. The van der Waals surface area contributed by atoms with Gasteiger partial charge in [-0.1, -0.05) is 6.92 Å². The highest BCUT2D eigenvalue weighted by molar-refractivity contribution is 5.71. The first kappa shape index (κ1) is 14.8. The SMILES string of the molecule is CCCOc1cc2c(cc1F)C(CC(=O)OCC)CC2. The molecule has 0 bridgehead atoms. The van der Waals surface area contributed by atoms with E-state index in [4.69, 9.17) is 9.47 Å². The molecular formula is C16H21FO3. The summed E-state index contributed by atoms with van der Waals surface area (Å²) in [6.45, 7) is 4.68. The first-order valence-corrected chi connectivity index (χ1v) is 7.26. The van der Waals surface area contributed by atoms with Crippen molar-refractivity contribution in [1.29, 1.82) is 0 Å². The number of hydrogen-bond acceptors (Lipinski definition) is 3. The van der Waals surface area contributed by atoms with Crippen molar-refractivity contribution >= 4 is 5.97 Å². The second-order valence-electron chi connectivity index (χ2n) is 5.07. The minimum atomic E-state index is -0.340. The summed E-state index contributed by atoms with van der Waals surface area (Å²) in [6, 6.07) is 3.31. The third-order valence-corrected chi connectivity index (χ3v) is 3.58. The van der Waals surface area contributed by atoms with Gasteiger partial charge in [0.1, 0.15) is 0 Å². The van der Waals surface area contributed by atoms with Crippen LogP contribution >= 0.6 is 0 Å². The topological polar surface area (TPSA) is 35.5 Å². The Hall–Kier alpha value is -1.58. The predicted molar refractivity (Wildman–Crippen MR) is 74.5 cm³/mol.